The largest absolute Gasteiger partial charge is 0.381 e. The van der Waals surface area contributed by atoms with Crippen molar-refractivity contribution in [2.75, 3.05) is 19.8 Å². The van der Waals surface area contributed by atoms with Crippen LogP contribution in [0.3, 0.4) is 0 Å². The molecule has 1 saturated heterocycles. The van der Waals surface area contributed by atoms with E-state index >= 15 is 0 Å². The predicted octanol–water partition coefficient (Wildman–Crippen LogP) is 2.21. The second-order valence-corrected chi connectivity index (χ2v) is 5.61. The first-order chi connectivity index (χ1) is 9.38. The first kappa shape index (κ1) is 13.1. The van der Waals surface area contributed by atoms with E-state index in [9.17, 15) is 0 Å². The number of likely N-dealkylation sites (N-methyl/N-ethyl adjacent to an activating group) is 1. The van der Waals surface area contributed by atoms with Gasteiger partial charge < -0.3 is 14.6 Å². The molecule has 0 radical (unpaired) electrons. The zero-order chi connectivity index (χ0) is 13.1. The molecule has 0 bridgehead atoms. The van der Waals surface area contributed by atoms with Crippen LogP contribution in [0.25, 0.3) is 0 Å². The van der Waals surface area contributed by atoms with Crippen LogP contribution in [0, 0.1) is 0 Å². The van der Waals surface area contributed by atoms with E-state index in [1.807, 2.05) is 0 Å². The molecule has 3 rings (SSSR count). The van der Waals surface area contributed by atoms with Crippen LogP contribution in [-0.4, -0.2) is 35.9 Å². The van der Waals surface area contributed by atoms with E-state index in [2.05, 4.69) is 22.4 Å². The monoisotopic (exact) mass is 265 g/mol. The summed E-state index contributed by atoms with van der Waals surface area (Å²) in [5.74, 6) is 2.39. The van der Waals surface area contributed by atoms with Crippen LogP contribution in [0.4, 0.5) is 0 Å². The fourth-order valence-electron chi connectivity index (χ4n) is 3.23. The van der Waals surface area contributed by atoms with Gasteiger partial charge in [0.25, 0.3) is 0 Å². The van der Waals surface area contributed by atoms with E-state index in [1.165, 1.54) is 19.3 Å². The zero-order valence-corrected chi connectivity index (χ0v) is 11.6. The molecule has 0 aromatic carbocycles. The number of rotatable bonds is 4. The summed E-state index contributed by atoms with van der Waals surface area (Å²) in [6.07, 6.45) is 5.94. The van der Waals surface area contributed by atoms with E-state index in [-0.39, 0.29) is 0 Å². The van der Waals surface area contributed by atoms with E-state index in [4.69, 9.17) is 9.26 Å². The van der Waals surface area contributed by atoms with Crippen molar-refractivity contribution < 1.29 is 9.26 Å². The number of hydrogen-bond donors (Lipinski definition) is 1. The average Bonchev–Trinajstić information content (AvgIpc) is 3.11. The number of ether oxygens (including phenoxy) is 1. The summed E-state index contributed by atoms with van der Waals surface area (Å²) in [7, 11) is 0. The topological polar surface area (TPSA) is 60.2 Å². The number of hydrogen-bond acceptors (Lipinski definition) is 5. The van der Waals surface area contributed by atoms with Crippen molar-refractivity contribution in [3.8, 4) is 0 Å². The van der Waals surface area contributed by atoms with Gasteiger partial charge in [-0.25, -0.2) is 0 Å². The van der Waals surface area contributed by atoms with Crippen LogP contribution in [0.1, 0.15) is 62.6 Å². The van der Waals surface area contributed by atoms with Gasteiger partial charge in [0.2, 0.25) is 5.89 Å². The summed E-state index contributed by atoms with van der Waals surface area (Å²) in [5, 5.41) is 7.73. The van der Waals surface area contributed by atoms with Crippen molar-refractivity contribution in [3.63, 3.8) is 0 Å². The van der Waals surface area contributed by atoms with Crippen molar-refractivity contribution in [1.29, 1.82) is 0 Å². The highest BCUT2D eigenvalue weighted by Crippen LogP contribution is 2.33. The van der Waals surface area contributed by atoms with Crippen molar-refractivity contribution in [2.45, 2.75) is 56.9 Å². The Kier molecular flexibility index (Phi) is 4.13. The fraction of sp³-hybridized carbons (Fsp3) is 0.857. The van der Waals surface area contributed by atoms with Crippen molar-refractivity contribution >= 4 is 0 Å². The molecule has 1 N–H and O–H groups in total. The third kappa shape index (κ3) is 2.82. The first-order valence-electron chi connectivity index (χ1n) is 7.53. The Morgan fingerprint density at radius 2 is 2.16 bits per heavy atom. The van der Waals surface area contributed by atoms with Gasteiger partial charge in [-0.05, 0) is 25.8 Å². The summed E-state index contributed by atoms with van der Waals surface area (Å²) < 4.78 is 10.9. The Bertz CT molecular complexity index is 399. The lowest BCUT2D eigenvalue weighted by atomic mass is 9.84. The van der Waals surface area contributed by atoms with E-state index in [0.717, 1.165) is 44.3 Å². The molecular formula is C14H23N3O2. The molecule has 2 aliphatic rings. The van der Waals surface area contributed by atoms with E-state index in [0.29, 0.717) is 17.9 Å². The number of nitrogens with one attached hydrogen (secondary N) is 1. The molecular weight excluding hydrogens is 242 g/mol. The highest BCUT2D eigenvalue weighted by atomic mass is 16.5. The molecule has 1 aromatic rings. The average molecular weight is 265 g/mol. The summed E-state index contributed by atoms with van der Waals surface area (Å²) in [6, 6.07) is 0.492. The molecule has 1 saturated carbocycles. The molecule has 0 spiro atoms. The maximum Gasteiger partial charge on any atom is 0.231 e. The predicted molar refractivity (Wildman–Crippen MR) is 71.1 cm³/mol. The smallest absolute Gasteiger partial charge is 0.231 e. The third-order valence-corrected chi connectivity index (χ3v) is 4.30. The van der Waals surface area contributed by atoms with Gasteiger partial charge in [-0.2, -0.15) is 4.98 Å². The molecule has 3 unspecified atom stereocenters. The Morgan fingerprint density at radius 3 is 2.95 bits per heavy atom. The van der Waals surface area contributed by atoms with Crippen LogP contribution in [0.2, 0.25) is 0 Å². The maximum atomic E-state index is 5.54. The minimum Gasteiger partial charge on any atom is -0.381 e. The molecule has 1 aliphatic carbocycles. The Balaban J connectivity index is 1.72. The third-order valence-electron chi connectivity index (χ3n) is 4.30. The van der Waals surface area contributed by atoms with Gasteiger partial charge in [0, 0.05) is 18.6 Å². The molecule has 19 heavy (non-hydrogen) atoms. The summed E-state index contributed by atoms with van der Waals surface area (Å²) in [5.41, 5.74) is 0. The van der Waals surface area contributed by atoms with Crippen molar-refractivity contribution in [2.24, 2.45) is 0 Å². The molecule has 1 aliphatic heterocycles. The molecule has 2 fully saturated rings. The minimum absolute atomic E-state index is 0.332. The highest BCUT2D eigenvalue weighted by Gasteiger charge is 2.31. The zero-order valence-electron chi connectivity index (χ0n) is 11.6. The van der Waals surface area contributed by atoms with Crippen LogP contribution in [-0.2, 0) is 4.74 Å². The summed E-state index contributed by atoms with van der Waals surface area (Å²) in [4.78, 5) is 4.65. The molecule has 5 heteroatoms. The van der Waals surface area contributed by atoms with E-state index in [1.54, 1.807) is 0 Å². The highest BCUT2D eigenvalue weighted by molar-refractivity contribution is 5.04. The van der Waals surface area contributed by atoms with Crippen molar-refractivity contribution in [1.82, 2.24) is 15.5 Å². The van der Waals surface area contributed by atoms with Gasteiger partial charge in [0.15, 0.2) is 5.82 Å². The Hall–Kier alpha value is -0.940. The molecule has 2 heterocycles. The maximum absolute atomic E-state index is 5.54. The second kappa shape index (κ2) is 6.01. The normalized spacial score (nSPS) is 31.7. The number of nitrogens with zero attached hydrogens (tertiary/aromatic N) is 2. The fourth-order valence-corrected chi connectivity index (χ4v) is 3.23. The van der Waals surface area contributed by atoms with Crippen molar-refractivity contribution in [3.05, 3.63) is 11.7 Å². The molecule has 3 atom stereocenters. The standard InChI is InChI=1S/C14H23N3O2/c1-2-15-12-6-4-3-5-11(12)14-16-13(17-19-14)10-7-8-18-9-10/h10-12,15H,2-9H2,1H3. The molecule has 5 nitrogen and oxygen atoms in total. The second-order valence-electron chi connectivity index (χ2n) is 5.61. The van der Waals surface area contributed by atoms with Gasteiger partial charge in [0.1, 0.15) is 0 Å². The lowest BCUT2D eigenvalue weighted by Crippen LogP contribution is -2.37. The first-order valence-corrected chi connectivity index (χ1v) is 7.53. The Labute approximate surface area is 114 Å². The van der Waals surface area contributed by atoms with Gasteiger partial charge in [-0.1, -0.05) is 24.9 Å². The van der Waals surface area contributed by atoms with Crippen LogP contribution >= 0.6 is 0 Å². The van der Waals surface area contributed by atoms with Crippen LogP contribution in [0.15, 0.2) is 4.52 Å². The van der Waals surface area contributed by atoms with Gasteiger partial charge in [0.05, 0.1) is 12.5 Å². The van der Waals surface area contributed by atoms with Crippen LogP contribution < -0.4 is 5.32 Å². The van der Waals surface area contributed by atoms with Crippen LogP contribution in [0.5, 0.6) is 0 Å². The lowest BCUT2D eigenvalue weighted by Gasteiger charge is -2.29. The SMILES string of the molecule is CCNC1CCCCC1c1nc(C2CCOC2)no1. The van der Waals surface area contributed by atoms with Gasteiger partial charge in [-0.3, -0.25) is 0 Å². The van der Waals surface area contributed by atoms with Gasteiger partial charge in [-0.15, -0.1) is 0 Å². The number of aromatic nitrogens is 2. The quantitative estimate of drug-likeness (QED) is 0.904. The van der Waals surface area contributed by atoms with E-state index < -0.39 is 0 Å². The summed E-state index contributed by atoms with van der Waals surface area (Å²) >= 11 is 0. The summed E-state index contributed by atoms with van der Waals surface area (Å²) in [6.45, 7) is 4.71. The lowest BCUT2D eigenvalue weighted by molar-refractivity contribution is 0.192. The van der Waals surface area contributed by atoms with Gasteiger partial charge >= 0.3 is 0 Å². The molecule has 1 aromatic heterocycles. The molecule has 0 amide bonds. The molecule has 106 valence electrons. The minimum atomic E-state index is 0.332. The Morgan fingerprint density at radius 1 is 1.26 bits per heavy atom.